The zero-order valence-electron chi connectivity index (χ0n) is 22.4. The van der Waals surface area contributed by atoms with Gasteiger partial charge >= 0.3 is 12.1 Å². The number of nitrogens with one attached hydrogen (secondary N) is 3. The molecule has 0 radical (unpaired) electrons. The van der Waals surface area contributed by atoms with Crippen LogP contribution in [0.2, 0.25) is 5.02 Å². The molecule has 0 saturated carbocycles. The number of amides is 1. The van der Waals surface area contributed by atoms with Gasteiger partial charge in [0.15, 0.2) is 5.82 Å². The number of hydrogen-bond acceptors (Lipinski definition) is 7. The van der Waals surface area contributed by atoms with Crippen LogP contribution < -0.4 is 20.7 Å². The van der Waals surface area contributed by atoms with Gasteiger partial charge in [0.25, 0.3) is 0 Å². The molecule has 0 aliphatic carbocycles. The van der Waals surface area contributed by atoms with E-state index in [1.165, 1.54) is 27.2 Å². The molecule has 0 aliphatic heterocycles. The van der Waals surface area contributed by atoms with Gasteiger partial charge in [0.1, 0.15) is 10.8 Å². The number of carbonyl (C=O) groups is 1. The van der Waals surface area contributed by atoms with E-state index < -0.39 is 23.7 Å². The Morgan fingerprint density at radius 2 is 1.77 bits per heavy atom. The van der Waals surface area contributed by atoms with Crippen LogP contribution in [0.15, 0.2) is 42.6 Å². The predicted octanol–water partition coefficient (Wildman–Crippen LogP) is 6.54. The monoisotopic (exact) mass is 565 g/mol. The minimum Gasteiger partial charge on any atom is -0.495 e. The summed E-state index contributed by atoms with van der Waals surface area (Å²) in [6, 6.07) is 10.5. The highest BCUT2D eigenvalue weighted by molar-refractivity contribution is 6.32. The lowest BCUT2D eigenvalue weighted by Crippen LogP contribution is -2.47. The average molecular weight is 566 g/mol. The van der Waals surface area contributed by atoms with Crippen LogP contribution in [0.4, 0.5) is 36.3 Å². The number of benzene rings is 2. The van der Waals surface area contributed by atoms with E-state index in [0.29, 0.717) is 39.6 Å². The molecule has 1 heterocycles. The Labute approximate surface area is 230 Å². The molecule has 0 aliphatic rings. The van der Waals surface area contributed by atoms with Gasteiger partial charge in [-0.1, -0.05) is 43.6 Å². The number of para-hydroxylation sites is 1. The number of hydrogen-bond donors (Lipinski definition) is 4. The van der Waals surface area contributed by atoms with E-state index in [2.05, 4.69) is 20.6 Å². The molecular formula is C27H31ClF3N5O3. The number of ether oxygens (including phenoxy) is 1. The standard InChI is InChI=1S/C27H31ClF3N5O3/c1-14(2)22(37)16-9-7-8-10-19(16)33-23-18(28)13-32-25(35-23)34-20-11-15(3)17(12-21(20)39-6)26(4,5)36-24(38)27(29,30)31/h7-14,22,37H,1-6H3,(H,36,38)(H2,32,33,34,35). The third-order valence-corrected chi connectivity index (χ3v) is 6.33. The highest BCUT2D eigenvalue weighted by Gasteiger charge is 2.42. The van der Waals surface area contributed by atoms with E-state index in [1.807, 2.05) is 37.4 Å². The summed E-state index contributed by atoms with van der Waals surface area (Å²) in [5.41, 5.74) is 1.44. The van der Waals surface area contributed by atoms with Crippen molar-refractivity contribution in [2.24, 2.45) is 5.92 Å². The minimum absolute atomic E-state index is 0.0171. The lowest BCUT2D eigenvalue weighted by Gasteiger charge is -2.30. The molecule has 2 aromatic carbocycles. The summed E-state index contributed by atoms with van der Waals surface area (Å²) in [6.45, 7) is 8.47. The molecule has 210 valence electrons. The molecule has 1 atom stereocenters. The second-order valence-electron chi connectivity index (χ2n) is 9.86. The number of nitrogens with zero attached hydrogens (tertiary/aromatic N) is 2. The van der Waals surface area contributed by atoms with Crippen molar-refractivity contribution in [3.05, 3.63) is 64.3 Å². The van der Waals surface area contributed by atoms with Gasteiger partial charge in [-0.3, -0.25) is 4.79 Å². The SMILES string of the molecule is COc1cc(C(C)(C)NC(=O)C(F)(F)F)c(C)cc1Nc1ncc(Cl)c(Nc2ccccc2C(O)C(C)C)n1. The van der Waals surface area contributed by atoms with E-state index in [4.69, 9.17) is 16.3 Å². The third kappa shape index (κ3) is 7.10. The van der Waals surface area contributed by atoms with E-state index in [9.17, 15) is 23.1 Å². The molecule has 39 heavy (non-hydrogen) atoms. The number of aliphatic hydroxyl groups excluding tert-OH is 1. The first-order valence-corrected chi connectivity index (χ1v) is 12.4. The van der Waals surface area contributed by atoms with Crippen molar-refractivity contribution in [2.45, 2.75) is 52.4 Å². The molecule has 1 amide bonds. The molecule has 12 heteroatoms. The first kappa shape index (κ1) is 30.0. The number of alkyl halides is 3. The van der Waals surface area contributed by atoms with Gasteiger partial charge in [-0.2, -0.15) is 18.2 Å². The summed E-state index contributed by atoms with van der Waals surface area (Å²) in [6.07, 6.45) is -4.31. The quantitative estimate of drug-likeness (QED) is 0.233. The molecule has 1 unspecified atom stereocenters. The van der Waals surface area contributed by atoms with Crippen LogP contribution in [0, 0.1) is 12.8 Å². The fourth-order valence-electron chi connectivity index (χ4n) is 4.04. The number of anilines is 4. The molecule has 0 saturated heterocycles. The van der Waals surface area contributed by atoms with Crippen LogP contribution in [-0.2, 0) is 10.3 Å². The number of carbonyl (C=O) groups excluding carboxylic acids is 1. The van der Waals surface area contributed by atoms with Crippen LogP contribution >= 0.6 is 11.6 Å². The summed E-state index contributed by atoms with van der Waals surface area (Å²) in [5, 5.41) is 19.1. The zero-order valence-corrected chi connectivity index (χ0v) is 23.1. The number of halogens is 4. The molecule has 3 rings (SSSR count). The first-order valence-electron chi connectivity index (χ1n) is 12.1. The van der Waals surface area contributed by atoms with Gasteiger partial charge in [0.2, 0.25) is 5.95 Å². The molecule has 0 bridgehead atoms. The molecular weight excluding hydrogens is 535 g/mol. The Morgan fingerprint density at radius 1 is 1.10 bits per heavy atom. The maximum absolute atomic E-state index is 12.9. The van der Waals surface area contributed by atoms with Crippen LogP contribution in [-0.4, -0.2) is 34.3 Å². The molecule has 4 N–H and O–H groups in total. The number of aromatic nitrogens is 2. The second kappa shape index (κ2) is 11.7. The van der Waals surface area contributed by atoms with Crippen molar-refractivity contribution >= 4 is 40.6 Å². The Hall–Kier alpha value is -3.57. The number of rotatable bonds is 9. The molecule has 3 aromatic rings. The number of methoxy groups -OCH3 is 1. The molecule has 0 spiro atoms. The minimum atomic E-state index is -5.01. The van der Waals surface area contributed by atoms with Gasteiger partial charge in [-0.05, 0) is 56.0 Å². The predicted molar refractivity (Wildman–Crippen MR) is 145 cm³/mol. The van der Waals surface area contributed by atoms with Gasteiger partial charge < -0.3 is 25.8 Å². The Bertz CT molecular complexity index is 1350. The maximum Gasteiger partial charge on any atom is 0.471 e. The van der Waals surface area contributed by atoms with Gasteiger partial charge in [-0.15, -0.1) is 0 Å². The summed E-state index contributed by atoms with van der Waals surface area (Å²) >= 11 is 6.35. The summed E-state index contributed by atoms with van der Waals surface area (Å²) in [5.74, 6) is -1.30. The van der Waals surface area contributed by atoms with Crippen molar-refractivity contribution in [3.8, 4) is 5.75 Å². The van der Waals surface area contributed by atoms with Crippen molar-refractivity contribution in [1.82, 2.24) is 15.3 Å². The molecule has 0 fully saturated rings. The van der Waals surface area contributed by atoms with Crippen LogP contribution in [0.25, 0.3) is 0 Å². The fourth-order valence-corrected chi connectivity index (χ4v) is 4.18. The molecule has 8 nitrogen and oxygen atoms in total. The lowest BCUT2D eigenvalue weighted by atomic mass is 9.89. The summed E-state index contributed by atoms with van der Waals surface area (Å²) in [7, 11) is 1.41. The molecule has 1 aromatic heterocycles. The smallest absolute Gasteiger partial charge is 0.471 e. The van der Waals surface area contributed by atoms with Crippen LogP contribution in [0.1, 0.15) is 50.5 Å². The number of aryl methyl sites for hydroxylation is 1. The topological polar surface area (TPSA) is 108 Å². The zero-order chi connectivity index (χ0) is 29.1. The van der Waals surface area contributed by atoms with Crippen molar-refractivity contribution in [3.63, 3.8) is 0 Å². The van der Waals surface area contributed by atoms with Gasteiger partial charge in [0, 0.05) is 11.3 Å². The summed E-state index contributed by atoms with van der Waals surface area (Å²) < 4.78 is 44.0. The van der Waals surface area contributed by atoms with E-state index in [1.54, 1.807) is 25.1 Å². The van der Waals surface area contributed by atoms with Crippen LogP contribution in [0.3, 0.4) is 0 Å². The van der Waals surface area contributed by atoms with E-state index in [0.717, 1.165) is 0 Å². The normalized spacial score (nSPS) is 12.7. The van der Waals surface area contributed by atoms with E-state index in [-0.39, 0.29) is 16.9 Å². The van der Waals surface area contributed by atoms with E-state index >= 15 is 0 Å². The highest BCUT2D eigenvalue weighted by Crippen LogP contribution is 2.36. The fraction of sp³-hybridized carbons (Fsp3) is 0.370. The van der Waals surface area contributed by atoms with Crippen molar-refractivity contribution in [1.29, 1.82) is 0 Å². The number of aliphatic hydroxyl groups is 1. The largest absolute Gasteiger partial charge is 0.495 e. The Morgan fingerprint density at radius 3 is 2.38 bits per heavy atom. The Balaban J connectivity index is 1.92. The van der Waals surface area contributed by atoms with Crippen LogP contribution in [0.5, 0.6) is 5.75 Å². The lowest BCUT2D eigenvalue weighted by molar-refractivity contribution is -0.175. The first-order chi connectivity index (χ1) is 18.1. The second-order valence-corrected chi connectivity index (χ2v) is 10.3. The third-order valence-electron chi connectivity index (χ3n) is 6.06. The maximum atomic E-state index is 12.9. The summed E-state index contributed by atoms with van der Waals surface area (Å²) in [4.78, 5) is 20.3. The van der Waals surface area contributed by atoms with Gasteiger partial charge in [-0.25, -0.2) is 4.98 Å². The Kier molecular flexibility index (Phi) is 8.97. The van der Waals surface area contributed by atoms with Crippen molar-refractivity contribution in [2.75, 3.05) is 17.7 Å². The van der Waals surface area contributed by atoms with Crippen molar-refractivity contribution < 1.29 is 27.8 Å². The average Bonchev–Trinajstić information content (AvgIpc) is 2.85. The van der Waals surface area contributed by atoms with Gasteiger partial charge in [0.05, 0.1) is 30.6 Å². The highest BCUT2D eigenvalue weighted by atomic mass is 35.5.